The van der Waals surface area contributed by atoms with Crippen molar-refractivity contribution in [1.82, 2.24) is 0 Å². The van der Waals surface area contributed by atoms with Crippen LogP contribution in [-0.4, -0.2) is 18.8 Å². The average molecular weight is 184 g/mol. The van der Waals surface area contributed by atoms with Crippen molar-refractivity contribution < 1.29 is 14.2 Å². The molecule has 0 saturated heterocycles. The van der Waals surface area contributed by atoms with Crippen LogP contribution in [0.25, 0.3) is 0 Å². The minimum Gasteiger partial charge on any atom is -0.494 e. The summed E-state index contributed by atoms with van der Waals surface area (Å²) in [6.45, 7) is 0.0800. The van der Waals surface area contributed by atoms with Crippen LogP contribution in [0.1, 0.15) is 12.0 Å². The number of hydrogen-bond acceptors (Lipinski definition) is 2. The summed E-state index contributed by atoms with van der Waals surface area (Å²) in [5.41, 5.74) is 0.591. The maximum absolute atomic E-state index is 13.4. The number of ether oxygens (including phenoxy) is 1. The van der Waals surface area contributed by atoms with Gasteiger partial charge in [0.2, 0.25) is 0 Å². The lowest BCUT2D eigenvalue weighted by atomic mass is 10.1. The monoisotopic (exact) mass is 184 g/mol. The van der Waals surface area contributed by atoms with Crippen molar-refractivity contribution in [1.29, 1.82) is 0 Å². The highest BCUT2D eigenvalue weighted by Gasteiger charge is 2.06. The summed E-state index contributed by atoms with van der Waals surface area (Å²) in [6.07, 6.45) is 1.11. The molecule has 1 aromatic rings. The molecule has 2 nitrogen and oxygen atoms in total. The van der Waals surface area contributed by atoms with Gasteiger partial charge < -0.3 is 9.84 Å². The minimum atomic E-state index is -0.321. The Bertz CT molecular complexity index is 274. The summed E-state index contributed by atoms with van der Waals surface area (Å²) < 4.78 is 18.2. The molecule has 0 bridgehead atoms. The van der Waals surface area contributed by atoms with Crippen LogP contribution in [0.2, 0.25) is 0 Å². The van der Waals surface area contributed by atoms with Crippen LogP contribution in [-0.2, 0) is 6.42 Å². The van der Waals surface area contributed by atoms with Gasteiger partial charge in [-0.3, -0.25) is 0 Å². The maximum atomic E-state index is 13.4. The zero-order chi connectivity index (χ0) is 9.68. The van der Waals surface area contributed by atoms with Gasteiger partial charge in [-0.15, -0.1) is 0 Å². The second-order valence-corrected chi connectivity index (χ2v) is 2.76. The Labute approximate surface area is 77.0 Å². The molecular weight excluding hydrogens is 171 g/mol. The third-order valence-electron chi connectivity index (χ3n) is 1.87. The predicted octanol–water partition coefficient (Wildman–Crippen LogP) is 1.76. The first-order chi connectivity index (χ1) is 6.29. The van der Waals surface area contributed by atoms with Crippen molar-refractivity contribution in [2.45, 2.75) is 12.8 Å². The first-order valence-electron chi connectivity index (χ1n) is 4.22. The Morgan fingerprint density at radius 2 is 2.23 bits per heavy atom. The molecular formula is C10H13FO2. The second kappa shape index (κ2) is 4.82. The molecule has 0 unspecified atom stereocenters. The zero-order valence-corrected chi connectivity index (χ0v) is 7.59. The van der Waals surface area contributed by atoms with Gasteiger partial charge in [-0.05, 0) is 24.5 Å². The van der Waals surface area contributed by atoms with Crippen LogP contribution in [0.3, 0.4) is 0 Å². The largest absolute Gasteiger partial charge is 0.494 e. The molecule has 0 aromatic heterocycles. The first kappa shape index (κ1) is 9.99. The van der Waals surface area contributed by atoms with Crippen LogP contribution in [0, 0.1) is 5.82 Å². The Kier molecular flexibility index (Phi) is 3.71. The number of aliphatic hydroxyl groups is 1. The molecule has 0 amide bonds. The zero-order valence-electron chi connectivity index (χ0n) is 7.59. The molecule has 0 heterocycles. The van der Waals surface area contributed by atoms with Crippen molar-refractivity contribution in [3.8, 4) is 5.75 Å². The number of aryl methyl sites for hydroxylation is 1. The molecule has 1 aromatic carbocycles. The summed E-state index contributed by atoms with van der Waals surface area (Å²) in [5.74, 6) is -0.0612. The van der Waals surface area contributed by atoms with E-state index in [0.29, 0.717) is 18.4 Å². The molecule has 0 aliphatic heterocycles. The van der Waals surface area contributed by atoms with E-state index >= 15 is 0 Å². The van der Waals surface area contributed by atoms with Gasteiger partial charge in [0.15, 0.2) is 11.6 Å². The fourth-order valence-electron chi connectivity index (χ4n) is 1.18. The van der Waals surface area contributed by atoms with Gasteiger partial charge in [0.05, 0.1) is 7.11 Å². The fraction of sp³-hybridized carbons (Fsp3) is 0.400. The van der Waals surface area contributed by atoms with Crippen molar-refractivity contribution in [2.75, 3.05) is 13.7 Å². The number of benzene rings is 1. The number of aliphatic hydroxyl groups excluding tert-OH is 1. The van der Waals surface area contributed by atoms with E-state index in [1.165, 1.54) is 7.11 Å². The molecule has 0 aliphatic carbocycles. The fourth-order valence-corrected chi connectivity index (χ4v) is 1.18. The van der Waals surface area contributed by atoms with Crippen molar-refractivity contribution in [3.63, 3.8) is 0 Å². The van der Waals surface area contributed by atoms with Gasteiger partial charge in [-0.1, -0.05) is 12.1 Å². The van der Waals surface area contributed by atoms with E-state index < -0.39 is 0 Å². The lowest BCUT2D eigenvalue weighted by Gasteiger charge is -2.05. The van der Waals surface area contributed by atoms with Gasteiger partial charge in [-0.25, -0.2) is 4.39 Å². The standard InChI is InChI=1S/C10H13FO2/c1-13-9-6-2-4-8(10(9)11)5-3-7-12/h2,4,6,12H,3,5,7H2,1H3. The van der Waals surface area contributed by atoms with Gasteiger partial charge in [0, 0.05) is 6.61 Å². The van der Waals surface area contributed by atoms with E-state index in [1.54, 1.807) is 18.2 Å². The highest BCUT2D eigenvalue weighted by molar-refractivity contribution is 5.31. The van der Waals surface area contributed by atoms with Crippen molar-refractivity contribution >= 4 is 0 Å². The number of methoxy groups -OCH3 is 1. The van der Waals surface area contributed by atoms with Crippen LogP contribution in [0.4, 0.5) is 4.39 Å². The number of halogens is 1. The van der Waals surface area contributed by atoms with Gasteiger partial charge in [-0.2, -0.15) is 0 Å². The highest BCUT2D eigenvalue weighted by atomic mass is 19.1. The van der Waals surface area contributed by atoms with Crippen molar-refractivity contribution in [3.05, 3.63) is 29.6 Å². The summed E-state index contributed by atoms with van der Waals surface area (Å²) in [5, 5.41) is 8.59. The Balaban J connectivity index is 2.81. The Hall–Kier alpha value is -1.09. The van der Waals surface area contributed by atoms with E-state index in [2.05, 4.69) is 0 Å². The van der Waals surface area contributed by atoms with Crippen LogP contribution < -0.4 is 4.74 Å². The minimum absolute atomic E-state index is 0.0800. The van der Waals surface area contributed by atoms with Crippen LogP contribution in [0.5, 0.6) is 5.75 Å². The second-order valence-electron chi connectivity index (χ2n) is 2.76. The SMILES string of the molecule is COc1cccc(CCCO)c1F. The Morgan fingerprint density at radius 1 is 1.46 bits per heavy atom. The van der Waals surface area contributed by atoms with Gasteiger partial charge >= 0.3 is 0 Å². The maximum Gasteiger partial charge on any atom is 0.168 e. The molecule has 0 atom stereocenters. The van der Waals surface area contributed by atoms with E-state index in [9.17, 15) is 4.39 Å². The van der Waals surface area contributed by atoms with E-state index in [-0.39, 0.29) is 18.2 Å². The number of rotatable bonds is 4. The lowest BCUT2D eigenvalue weighted by Crippen LogP contribution is -1.96. The summed E-state index contributed by atoms with van der Waals surface area (Å²) in [7, 11) is 1.44. The van der Waals surface area contributed by atoms with E-state index in [4.69, 9.17) is 9.84 Å². The molecule has 3 heteroatoms. The molecule has 72 valence electrons. The lowest BCUT2D eigenvalue weighted by molar-refractivity contribution is 0.287. The summed E-state index contributed by atoms with van der Waals surface area (Å²) >= 11 is 0. The van der Waals surface area contributed by atoms with E-state index in [1.807, 2.05) is 0 Å². The Morgan fingerprint density at radius 3 is 2.85 bits per heavy atom. The summed E-state index contributed by atoms with van der Waals surface area (Å²) in [6, 6.07) is 5.03. The highest BCUT2D eigenvalue weighted by Crippen LogP contribution is 2.20. The van der Waals surface area contributed by atoms with E-state index in [0.717, 1.165) is 0 Å². The molecule has 0 saturated carbocycles. The third kappa shape index (κ3) is 2.42. The molecule has 0 spiro atoms. The molecule has 1 rings (SSSR count). The third-order valence-corrected chi connectivity index (χ3v) is 1.87. The molecule has 1 N–H and O–H groups in total. The smallest absolute Gasteiger partial charge is 0.168 e. The van der Waals surface area contributed by atoms with Crippen LogP contribution in [0.15, 0.2) is 18.2 Å². The number of hydrogen-bond donors (Lipinski definition) is 1. The quantitative estimate of drug-likeness (QED) is 0.772. The molecule has 0 radical (unpaired) electrons. The molecule has 0 fully saturated rings. The molecule has 0 aliphatic rings. The first-order valence-corrected chi connectivity index (χ1v) is 4.22. The molecule has 13 heavy (non-hydrogen) atoms. The predicted molar refractivity (Wildman–Crippen MR) is 48.4 cm³/mol. The average Bonchev–Trinajstić information content (AvgIpc) is 2.16. The topological polar surface area (TPSA) is 29.5 Å². The van der Waals surface area contributed by atoms with Gasteiger partial charge in [0.25, 0.3) is 0 Å². The van der Waals surface area contributed by atoms with Crippen molar-refractivity contribution in [2.24, 2.45) is 0 Å². The summed E-state index contributed by atoms with van der Waals surface area (Å²) in [4.78, 5) is 0. The normalized spacial score (nSPS) is 10.1. The van der Waals surface area contributed by atoms with Crippen LogP contribution >= 0.6 is 0 Å². The van der Waals surface area contributed by atoms with Gasteiger partial charge in [0.1, 0.15) is 0 Å².